The number of fused-ring (bicyclic) bond motifs is 3. The van der Waals surface area contributed by atoms with E-state index in [0.29, 0.717) is 26.2 Å². The highest BCUT2D eigenvalue weighted by Crippen LogP contribution is 2.44. The summed E-state index contributed by atoms with van der Waals surface area (Å²) in [7, 11) is 1.50. The van der Waals surface area contributed by atoms with Gasteiger partial charge in [-0.3, -0.25) is 9.80 Å². The Morgan fingerprint density at radius 2 is 1.68 bits per heavy atom. The highest BCUT2D eigenvalue weighted by atomic mass is 16.6. The number of hydrogen-bond donors (Lipinski definition) is 1. The fourth-order valence-corrected chi connectivity index (χ4v) is 4.44. The van der Waals surface area contributed by atoms with Crippen LogP contribution in [0.4, 0.5) is 4.79 Å². The van der Waals surface area contributed by atoms with Crippen molar-refractivity contribution in [2.75, 3.05) is 46.5 Å². The van der Waals surface area contributed by atoms with Gasteiger partial charge in [-0.2, -0.15) is 0 Å². The lowest BCUT2D eigenvalue weighted by molar-refractivity contribution is -0.142. The molecule has 2 aromatic rings. The lowest BCUT2D eigenvalue weighted by Crippen LogP contribution is -2.46. The molecule has 0 radical (unpaired) electrons. The van der Waals surface area contributed by atoms with E-state index < -0.39 is 18.1 Å². The van der Waals surface area contributed by atoms with Crippen LogP contribution in [0.3, 0.4) is 0 Å². The predicted molar refractivity (Wildman–Crippen MR) is 116 cm³/mol. The second kappa shape index (κ2) is 9.49. The normalized spacial score (nSPS) is 16.9. The summed E-state index contributed by atoms with van der Waals surface area (Å²) in [6, 6.07) is 15.3. The first-order valence-electron chi connectivity index (χ1n) is 10.7. The molecule has 1 aliphatic heterocycles. The van der Waals surface area contributed by atoms with Crippen molar-refractivity contribution in [3.05, 3.63) is 59.7 Å². The van der Waals surface area contributed by atoms with E-state index in [4.69, 9.17) is 9.47 Å². The summed E-state index contributed by atoms with van der Waals surface area (Å²) < 4.78 is 10.9. The van der Waals surface area contributed by atoms with E-state index in [1.165, 1.54) is 11.9 Å². The average molecular weight is 424 g/mol. The summed E-state index contributed by atoms with van der Waals surface area (Å²) in [4.78, 5) is 27.9. The third kappa shape index (κ3) is 4.57. The van der Waals surface area contributed by atoms with Gasteiger partial charge in [-0.05, 0) is 28.7 Å². The molecule has 0 aromatic heterocycles. The van der Waals surface area contributed by atoms with E-state index in [1.54, 1.807) is 0 Å². The van der Waals surface area contributed by atoms with Crippen molar-refractivity contribution in [3.63, 3.8) is 0 Å². The van der Waals surface area contributed by atoms with Gasteiger partial charge in [0.2, 0.25) is 0 Å². The third-order valence-corrected chi connectivity index (χ3v) is 6.20. The smallest absolute Gasteiger partial charge is 0.410 e. The minimum Gasteiger partial charge on any atom is -0.480 e. The molecule has 1 saturated heterocycles. The summed E-state index contributed by atoms with van der Waals surface area (Å²) in [5.74, 6) is -1.08. The van der Waals surface area contributed by atoms with Crippen LogP contribution < -0.4 is 0 Å². The van der Waals surface area contributed by atoms with Gasteiger partial charge in [0.1, 0.15) is 12.6 Å². The van der Waals surface area contributed by atoms with Crippen molar-refractivity contribution in [1.82, 2.24) is 9.80 Å². The van der Waals surface area contributed by atoms with Crippen molar-refractivity contribution in [3.8, 4) is 11.1 Å². The average Bonchev–Trinajstić information content (AvgIpc) is 3.11. The van der Waals surface area contributed by atoms with Gasteiger partial charge in [0, 0.05) is 32.6 Å². The molecule has 7 nitrogen and oxygen atoms in total. The minimum absolute atomic E-state index is 0.0543. The fraction of sp³-hybridized carbons (Fsp3) is 0.417. The molecule has 2 aliphatic rings. The minimum atomic E-state index is -1.02. The largest absolute Gasteiger partial charge is 0.480 e. The van der Waals surface area contributed by atoms with Crippen LogP contribution in [0.15, 0.2) is 48.5 Å². The Kier molecular flexibility index (Phi) is 6.53. The van der Waals surface area contributed by atoms with Crippen LogP contribution in [0.2, 0.25) is 0 Å². The summed E-state index contributed by atoms with van der Waals surface area (Å²) >= 11 is 0. The van der Waals surface area contributed by atoms with Gasteiger partial charge in [0.15, 0.2) is 0 Å². The Labute approximate surface area is 182 Å². The van der Waals surface area contributed by atoms with Gasteiger partial charge in [-0.15, -0.1) is 0 Å². The number of morpholine rings is 1. The molecule has 0 saturated carbocycles. The molecule has 0 bridgehead atoms. The van der Waals surface area contributed by atoms with E-state index in [-0.39, 0.29) is 12.5 Å². The molecule has 164 valence electrons. The zero-order valence-electron chi connectivity index (χ0n) is 17.7. The van der Waals surface area contributed by atoms with E-state index in [9.17, 15) is 14.7 Å². The number of carbonyl (C=O) groups is 2. The quantitative estimate of drug-likeness (QED) is 0.736. The number of carboxylic acid groups (broad SMARTS) is 1. The number of benzene rings is 2. The Balaban J connectivity index is 1.39. The molecular weight excluding hydrogens is 396 g/mol. The zero-order chi connectivity index (χ0) is 21.8. The molecule has 1 atom stereocenters. The molecular formula is C24H28N2O5. The van der Waals surface area contributed by atoms with Crippen LogP contribution in [-0.2, 0) is 14.3 Å². The molecule has 0 spiro atoms. The molecule has 7 heteroatoms. The SMILES string of the molecule is CN(C(=O)OCC1c2ccccc2-c2ccccc21)C(CCN1CCOCC1)C(=O)O. The second-order valence-electron chi connectivity index (χ2n) is 8.01. The maximum atomic E-state index is 12.7. The Morgan fingerprint density at radius 1 is 1.10 bits per heavy atom. The summed E-state index contributed by atoms with van der Waals surface area (Å²) in [6.45, 7) is 3.64. The first-order valence-corrected chi connectivity index (χ1v) is 10.7. The fourth-order valence-electron chi connectivity index (χ4n) is 4.44. The number of nitrogens with zero attached hydrogens (tertiary/aromatic N) is 2. The predicted octanol–water partition coefficient (Wildman–Crippen LogP) is 3.04. The molecule has 31 heavy (non-hydrogen) atoms. The first-order chi connectivity index (χ1) is 15.1. The first kappa shape index (κ1) is 21.3. The summed E-state index contributed by atoms with van der Waals surface area (Å²) in [5, 5.41) is 9.67. The number of amides is 1. The van der Waals surface area contributed by atoms with Crippen molar-refractivity contribution in [2.24, 2.45) is 0 Å². The lowest BCUT2D eigenvalue weighted by Gasteiger charge is -2.30. The Bertz CT molecular complexity index is 896. The van der Waals surface area contributed by atoms with Crippen LogP contribution in [-0.4, -0.2) is 79.5 Å². The lowest BCUT2D eigenvalue weighted by atomic mass is 9.98. The zero-order valence-corrected chi connectivity index (χ0v) is 17.7. The van der Waals surface area contributed by atoms with Gasteiger partial charge >= 0.3 is 12.1 Å². The van der Waals surface area contributed by atoms with Gasteiger partial charge in [-0.25, -0.2) is 9.59 Å². The number of hydrogen-bond acceptors (Lipinski definition) is 5. The summed E-state index contributed by atoms with van der Waals surface area (Å²) in [5.41, 5.74) is 4.56. The number of ether oxygens (including phenoxy) is 2. The molecule has 1 fully saturated rings. The van der Waals surface area contributed by atoms with E-state index in [0.717, 1.165) is 35.3 Å². The molecule has 1 N–H and O–H groups in total. The molecule has 1 heterocycles. The molecule has 2 aromatic carbocycles. The van der Waals surface area contributed by atoms with Crippen molar-refractivity contribution in [1.29, 1.82) is 0 Å². The van der Waals surface area contributed by atoms with E-state index in [1.807, 2.05) is 24.3 Å². The number of aliphatic carboxylic acids is 1. The van der Waals surface area contributed by atoms with Gasteiger partial charge < -0.3 is 14.6 Å². The van der Waals surface area contributed by atoms with Crippen LogP contribution in [0.1, 0.15) is 23.5 Å². The highest BCUT2D eigenvalue weighted by Gasteiger charge is 2.32. The Hall–Kier alpha value is -2.90. The second-order valence-corrected chi connectivity index (χ2v) is 8.01. The number of carbonyl (C=O) groups excluding carboxylic acids is 1. The number of likely N-dealkylation sites (N-methyl/N-ethyl adjacent to an activating group) is 1. The highest BCUT2D eigenvalue weighted by molar-refractivity contribution is 5.81. The molecule has 1 amide bonds. The monoisotopic (exact) mass is 424 g/mol. The standard InChI is InChI=1S/C24H28N2O5/c1-25(22(23(27)28)10-11-26-12-14-30-15-13-26)24(29)31-16-21-19-8-4-2-6-17(19)18-7-3-5-9-20(18)21/h2-9,21-22H,10-16H2,1H3,(H,27,28). The third-order valence-electron chi connectivity index (χ3n) is 6.20. The molecule has 4 rings (SSSR count). The maximum Gasteiger partial charge on any atom is 0.410 e. The van der Waals surface area contributed by atoms with Crippen LogP contribution in [0.25, 0.3) is 11.1 Å². The van der Waals surface area contributed by atoms with Gasteiger partial charge in [-0.1, -0.05) is 48.5 Å². The van der Waals surface area contributed by atoms with E-state index >= 15 is 0 Å². The van der Waals surface area contributed by atoms with Crippen LogP contribution in [0.5, 0.6) is 0 Å². The maximum absolute atomic E-state index is 12.7. The molecule has 1 unspecified atom stereocenters. The van der Waals surface area contributed by atoms with Gasteiger partial charge in [0.05, 0.1) is 13.2 Å². The number of carboxylic acids is 1. The van der Waals surface area contributed by atoms with Gasteiger partial charge in [0.25, 0.3) is 0 Å². The number of rotatable bonds is 7. The van der Waals surface area contributed by atoms with E-state index in [2.05, 4.69) is 29.2 Å². The van der Waals surface area contributed by atoms with Crippen molar-refractivity contribution in [2.45, 2.75) is 18.4 Å². The summed E-state index contributed by atoms with van der Waals surface area (Å²) in [6.07, 6.45) is -0.271. The topological polar surface area (TPSA) is 79.3 Å². The van der Waals surface area contributed by atoms with Crippen LogP contribution >= 0.6 is 0 Å². The van der Waals surface area contributed by atoms with Crippen LogP contribution in [0, 0.1) is 0 Å². The van der Waals surface area contributed by atoms with Crippen molar-refractivity contribution < 1.29 is 24.2 Å². The Morgan fingerprint density at radius 3 is 2.26 bits per heavy atom. The molecule has 1 aliphatic carbocycles. The van der Waals surface area contributed by atoms with Crippen molar-refractivity contribution >= 4 is 12.1 Å².